The highest BCUT2D eigenvalue weighted by Crippen LogP contribution is 2.37. The highest BCUT2D eigenvalue weighted by atomic mass is 16.5. The number of aliphatic carboxylic acids is 1. The van der Waals surface area contributed by atoms with Crippen LogP contribution in [0.3, 0.4) is 0 Å². The molecular formula is C32H36N2O4. The van der Waals surface area contributed by atoms with Gasteiger partial charge >= 0.3 is 5.97 Å². The summed E-state index contributed by atoms with van der Waals surface area (Å²) in [6.07, 6.45) is 4.64. The molecule has 0 radical (unpaired) electrons. The fourth-order valence-corrected chi connectivity index (χ4v) is 6.00. The van der Waals surface area contributed by atoms with Crippen molar-refractivity contribution in [2.45, 2.75) is 70.3 Å². The molecule has 38 heavy (non-hydrogen) atoms. The summed E-state index contributed by atoms with van der Waals surface area (Å²) < 4.78 is 6.26. The lowest BCUT2D eigenvalue weighted by Crippen LogP contribution is -2.53. The van der Waals surface area contributed by atoms with Crippen molar-refractivity contribution in [1.82, 2.24) is 9.80 Å². The standard InChI is InChI=1S/C32H36N2O4/c1-22-17-18-25-20-34(28(32(36)37)19-27(25)30(22)38-21-23-11-5-3-6-12-23)31(35)29(24-13-7-4-8-14-24)33(2)26-15-9-10-16-26/h3-8,11-14,17-18,26,28-29H,9-10,15-16,19-21H2,1-2H3,(H,36,37)/t28-,29-/m0/s1. The van der Waals surface area contributed by atoms with Crippen LogP contribution in [0.15, 0.2) is 72.8 Å². The molecule has 0 unspecified atom stereocenters. The third kappa shape index (κ3) is 5.32. The van der Waals surface area contributed by atoms with Crippen molar-refractivity contribution in [3.05, 3.63) is 101 Å². The summed E-state index contributed by atoms with van der Waals surface area (Å²) in [5.74, 6) is -0.418. The number of carbonyl (C=O) groups is 2. The fraction of sp³-hybridized carbons (Fsp3) is 0.375. The maximum Gasteiger partial charge on any atom is 0.326 e. The summed E-state index contributed by atoms with van der Waals surface area (Å²) in [6.45, 7) is 2.63. The lowest BCUT2D eigenvalue weighted by Gasteiger charge is -2.40. The maximum absolute atomic E-state index is 14.3. The van der Waals surface area contributed by atoms with Crippen molar-refractivity contribution in [3.8, 4) is 5.75 Å². The molecule has 5 rings (SSSR count). The zero-order valence-corrected chi connectivity index (χ0v) is 22.2. The van der Waals surface area contributed by atoms with E-state index in [4.69, 9.17) is 4.74 Å². The molecule has 0 spiro atoms. The number of carbonyl (C=O) groups excluding carboxylic acids is 1. The predicted octanol–water partition coefficient (Wildman–Crippen LogP) is 5.53. The van der Waals surface area contributed by atoms with E-state index in [1.165, 1.54) is 0 Å². The number of carboxylic acid groups (broad SMARTS) is 1. The largest absolute Gasteiger partial charge is 0.488 e. The van der Waals surface area contributed by atoms with Gasteiger partial charge in [-0.1, -0.05) is 85.6 Å². The highest BCUT2D eigenvalue weighted by Gasteiger charge is 2.41. The molecule has 1 fully saturated rings. The Hall–Kier alpha value is -3.64. The number of hydrogen-bond donors (Lipinski definition) is 1. The minimum Gasteiger partial charge on any atom is -0.488 e. The fourth-order valence-electron chi connectivity index (χ4n) is 6.00. The second kappa shape index (κ2) is 11.4. The first-order chi connectivity index (χ1) is 18.4. The Bertz CT molecular complexity index is 1270. The Morgan fingerprint density at radius 1 is 1.00 bits per heavy atom. The van der Waals surface area contributed by atoms with Gasteiger partial charge in [0, 0.05) is 24.6 Å². The van der Waals surface area contributed by atoms with Gasteiger partial charge in [-0.15, -0.1) is 0 Å². The first-order valence-corrected chi connectivity index (χ1v) is 13.5. The average molecular weight is 513 g/mol. The number of amides is 1. The number of rotatable bonds is 8. The Morgan fingerprint density at radius 3 is 2.32 bits per heavy atom. The SMILES string of the molecule is Cc1ccc2c(c1OCc1ccccc1)C[C@@H](C(=O)O)N(C(=O)[C@H](c1ccccc1)N(C)C1CCCC1)C2. The van der Waals surface area contributed by atoms with E-state index in [0.29, 0.717) is 12.6 Å². The van der Waals surface area contributed by atoms with Gasteiger partial charge in [0.05, 0.1) is 0 Å². The molecular weight excluding hydrogens is 476 g/mol. The van der Waals surface area contributed by atoms with E-state index in [9.17, 15) is 14.7 Å². The Labute approximate surface area is 224 Å². The van der Waals surface area contributed by atoms with E-state index in [1.807, 2.05) is 86.8 Å². The molecule has 2 atom stereocenters. The lowest BCUT2D eigenvalue weighted by atomic mass is 9.90. The van der Waals surface area contributed by atoms with Crippen molar-refractivity contribution in [1.29, 1.82) is 0 Å². The van der Waals surface area contributed by atoms with E-state index in [0.717, 1.165) is 59.3 Å². The number of carboxylic acids is 1. The number of benzene rings is 3. The van der Waals surface area contributed by atoms with E-state index in [1.54, 1.807) is 4.90 Å². The summed E-state index contributed by atoms with van der Waals surface area (Å²) in [6, 6.07) is 22.5. The van der Waals surface area contributed by atoms with Crippen molar-refractivity contribution in [3.63, 3.8) is 0 Å². The Morgan fingerprint density at radius 2 is 1.66 bits per heavy atom. The predicted molar refractivity (Wildman–Crippen MR) is 147 cm³/mol. The minimum atomic E-state index is -0.991. The molecule has 2 aliphatic rings. The molecule has 198 valence electrons. The van der Waals surface area contributed by atoms with Gasteiger partial charge in [-0.05, 0) is 49.1 Å². The molecule has 6 nitrogen and oxygen atoms in total. The normalized spacial score (nSPS) is 18.3. The Balaban J connectivity index is 1.47. The molecule has 1 saturated carbocycles. The van der Waals surface area contributed by atoms with Crippen molar-refractivity contribution < 1.29 is 19.4 Å². The van der Waals surface area contributed by atoms with Crippen LogP contribution in [0.5, 0.6) is 5.75 Å². The monoisotopic (exact) mass is 512 g/mol. The van der Waals surface area contributed by atoms with Crippen molar-refractivity contribution >= 4 is 11.9 Å². The number of ether oxygens (including phenoxy) is 1. The molecule has 0 bridgehead atoms. The molecule has 1 amide bonds. The average Bonchev–Trinajstić information content (AvgIpc) is 3.48. The van der Waals surface area contributed by atoms with Gasteiger partial charge in [0.25, 0.3) is 0 Å². The summed E-state index contributed by atoms with van der Waals surface area (Å²) in [7, 11) is 2.01. The first-order valence-electron chi connectivity index (χ1n) is 13.5. The van der Waals surface area contributed by atoms with Gasteiger partial charge in [0.2, 0.25) is 5.91 Å². The van der Waals surface area contributed by atoms with Crippen molar-refractivity contribution in [2.24, 2.45) is 0 Å². The zero-order valence-electron chi connectivity index (χ0n) is 22.2. The van der Waals surface area contributed by atoms with Gasteiger partial charge in [-0.3, -0.25) is 9.69 Å². The third-order valence-electron chi connectivity index (χ3n) is 8.12. The maximum atomic E-state index is 14.3. The van der Waals surface area contributed by atoms with Crippen LogP contribution in [0.4, 0.5) is 0 Å². The summed E-state index contributed by atoms with van der Waals surface area (Å²) >= 11 is 0. The van der Waals surface area contributed by atoms with Gasteiger partial charge in [0.15, 0.2) is 0 Å². The van der Waals surface area contributed by atoms with Crippen LogP contribution in [0, 0.1) is 6.92 Å². The molecule has 1 aliphatic heterocycles. The number of likely N-dealkylation sites (N-methyl/N-ethyl adjacent to an activating group) is 1. The summed E-state index contributed by atoms with van der Waals surface area (Å²) in [4.78, 5) is 30.6. The quantitative estimate of drug-likeness (QED) is 0.430. The third-order valence-corrected chi connectivity index (χ3v) is 8.12. The topological polar surface area (TPSA) is 70.1 Å². The highest BCUT2D eigenvalue weighted by molar-refractivity contribution is 5.89. The molecule has 1 N–H and O–H groups in total. The van der Waals surface area contributed by atoms with Gasteiger partial charge < -0.3 is 14.7 Å². The van der Waals surface area contributed by atoms with Crippen LogP contribution < -0.4 is 4.74 Å². The summed E-state index contributed by atoms with van der Waals surface area (Å²) in [5, 5.41) is 10.3. The van der Waals surface area contributed by atoms with Crippen LogP contribution in [-0.2, 0) is 29.2 Å². The second-order valence-electron chi connectivity index (χ2n) is 10.6. The molecule has 3 aromatic rings. The second-order valence-corrected chi connectivity index (χ2v) is 10.6. The van der Waals surface area contributed by atoms with Crippen LogP contribution in [0.1, 0.15) is 59.5 Å². The molecule has 0 aromatic heterocycles. The van der Waals surface area contributed by atoms with Gasteiger partial charge in [-0.2, -0.15) is 0 Å². The van der Waals surface area contributed by atoms with Gasteiger partial charge in [0.1, 0.15) is 24.4 Å². The molecule has 1 heterocycles. The van der Waals surface area contributed by atoms with Crippen LogP contribution >= 0.6 is 0 Å². The van der Waals surface area contributed by atoms with Crippen molar-refractivity contribution in [2.75, 3.05) is 7.05 Å². The molecule has 1 aliphatic carbocycles. The number of nitrogens with zero attached hydrogens (tertiary/aromatic N) is 2. The van der Waals surface area contributed by atoms with E-state index >= 15 is 0 Å². The molecule has 0 saturated heterocycles. The number of fused-ring (bicyclic) bond motifs is 1. The minimum absolute atomic E-state index is 0.157. The smallest absolute Gasteiger partial charge is 0.326 e. The van der Waals surface area contributed by atoms with E-state index in [-0.39, 0.29) is 18.9 Å². The lowest BCUT2D eigenvalue weighted by molar-refractivity contribution is -0.154. The molecule has 3 aromatic carbocycles. The molecule has 6 heteroatoms. The zero-order chi connectivity index (χ0) is 26.6. The van der Waals surface area contributed by atoms with Gasteiger partial charge in [-0.25, -0.2) is 4.79 Å². The summed E-state index contributed by atoms with van der Waals surface area (Å²) in [5.41, 5.74) is 4.74. The van der Waals surface area contributed by atoms with Crippen LogP contribution in [-0.4, -0.2) is 45.9 Å². The van der Waals surface area contributed by atoms with E-state index < -0.39 is 18.1 Å². The first kappa shape index (κ1) is 26.0. The number of aryl methyl sites for hydroxylation is 1. The van der Waals surface area contributed by atoms with E-state index in [2.05, 4.69) is 4.90 Å². The Kier molecular flexibility index (Phi) is 7.79. The number of hydrogen-bond acceptors (Lipinski definition) is 4. The van der Waals surface area contributed by atoms with Crippen LogP contribution in [0.2, 0.25) is 0 Å². The van der Waals surface area contributed by atoms with Crippen LogP contribution in [0.25, 0.3) is 0 Å².